The molecule has 24 heavy (non-hydrogen) atoms. The van der Waals surface area contributed by atoms with E-state index in [-0.39, 0.29) is 23.7 Å². The van der Waals surface area contributed by atoms with Crippen LogP contribution in [0.5, 0.6) is 0 Å². The first-order chi connectivity index (χ1) is 11.6. The highest BCUT2D eigenvalue weighted by Crippen LogP contribution is 2.28. The Morgan fingerprint density at radius 3 is 2.83 bits per heavy atom. The molecular formula is C14H16N6O3S. The molecule has 3 aromatic heterocycles. The van der Waals surface area contributed by atoms with Crippen LogP contribution in [0.3, 0.4) is 0 Å². The van der Waals surface area contributed by atoms with Crippen molar-refractivity contribution in [3.63, 3.8) is 0 Å². The van der Waals surface area contributed by atoms with Crippen molar-refractivity contribution < 1.29 is 4.92 Å². The molecule has 0 radical (unpaired) electrons. The Labute approximate surface area is 140 Å². The van der Waals surface area contributed by atoms with Crippen molar-refractivity contribution >= 4 is 27.9 Å². The van der Waals surface area contributed by atoms with Crippen LogP contribution in [-0.2, 0) is 19.4 Å². The van der Waals surface area contributed by atoms with Crippen molar-refractivity contribution in [1.82, 2.24) is 19.6 Å². The van der Waals surface area contributed by atoms with E-state index in [1.165, 1.54) is 15.7 Å². The molecule has 0 amide bonds. The second-order valence-corrected chi connectivity index (χ2v) is 5.99. The lowest BCUT2D eigenvalue weighted by Crippen LogP contribution is -2.22. The summed E-state index contributed by atoms with van der Waals surface area (Å²) in [5.74, 6) is 0.0219. The fourth-order valence-corrected chi connectivity index (χ4v) is 3.41. The number of fused-ring (bicyclic) bond motifs is 1. The van der Waals surface area contributed by atoms with Gasteiger partial charge in [0.25, 0.3) is 10.5 Å². The number of nitrogens with one attached hydrogen (secondary N) is 2. The summed E-state index contributed by atoms with van der Waals surface area (Å²) < 4.78 is 1.42. The van der Waals surface area contributed by atoms with Gasteiger partial charge in [-0.1, -0.05) is 25.2 Å². The third kappa shape index (κ3) is 2.64. The highest BCUT2D eigenvalue weighted by Gasteiger charge is 2.24. The first-order valence-electron chi connectivity index (χ1n) is 7.49. The van der Waals surface area contributed by atoms with Gasteiger partial charge in [0, 0.05) is 17.5 Å². The molecule has 0 saturated heterocycles. The quantitative estimate of drug-likeness (QED) is 0.520. The number of nitrogens with zero attached hydrogens (tertiary/aromatic N) is 4. The zero-order valence-corrected chi connectivity index (χ0v) is 14.0. The lowest BCUT2D eigenvalue weighted by atomic mass is 10.0. The minimum absolute atomic E-state index is 0.134. The van der Waals surface area contributed by atoms with E-state index in [0.29, 0.717) is 23.4 Å². The van der Waals surface area contributed by atoms with E-state index >= 15 is 0 Å². The van der Waals surface area contributed by atoms with Crippen LogP contribution in [0.15, 0.2) is 16.4 Å². The van der Waals surface area contributed by atoms with Crippen LogP contribution in [0, 0.1) is 10.1 Å². The number of nitro groups is 1. The van der Waals surface area contributed by atoms with Gasteiger partial charge >= 0.3 is 5.82 Å². The second kappa shape index (κ2) is 6.40. The predicted octanol–water partition coefficient (Wildman–Crippen LogP) is 2.12. The molecule has 2 N–H and O–H groups in total. The molecule has 0 aliphatic rings. The van der Waals surface area contributed by atoms with E-state index in [0.717, 1.165) is 11.3 Å². The van der Waals surface area contributed by atoms with Crippen molar-refractivity contribution in [2.75, 3.05) is 5.32 Å². The number of rotatable bonds is 6. The molecule has 10 heteroatoms. The van der Waals surface area contributed by atoms with Gasteiger partial charge in [-0.05, 0) is 23.3 Å². The van der Waals surface area contributed by atoms with Gasteiger partial charge in [-0.15, -0.1) is 0 Å². The van der Waals surface area contributed by atoms with Gasteiger partial charge in [-0.25, -0.2) is 5.10 Å². The molecule has 126 valence electrons. The Morgan fingerprint density at radius 1 is 1.38 bits per heavy atom. The number of aromatic nitrogens is 4. The average Bonchev–Trinajstić information content (AvgIpc) is 3.13. The summed E-state index contributed by atoms with van der Waals surface area (Å²) in [4.78, 5) is 27.7. The van der Waals surface area contributed by atoms with Crippen molar-refractivity contribution in [3.05, 3.63) is 48.9 Å². The van der Waals surface area contributed by atoms with Gasteiger partial charge in [0.2, 0.25) is 5.82 Å². The van der Waals surface area contributed by atoms with Gasteiger partial charge in [0.15, 0.2) is 0 Å². The maximum atomic E-state index is 12.1. The Kier molecular flexibility index (Phi) is 4.30. The smallest absolute Gasteiger partial charge is 0.359 e. The zero-order chi connectivity index (χ0) is 17.3. The number of hydrogen-bond donors (Lipinski definition) is 2. The SMILES string of the molecule is CCc1n[nH]c(=O)c(CNc2nc3sccn3c2[N+](=O)[O-])c1CC. The first kappa shape index (κ1) is 16.1. The minimum Gasteiger partial charge on any atom is -0.359 e. The summed E-state index contributed by atoms with van der Waals surface area (Å²) in [5.41, 5.74) is 1.95. The number of aryl methyl sites for hydroxylation is 1. The van der Waals surface area contributed by atoms with E-state index in [1.54, 1.807) is 11.6 Å². The predicted molar refractivity (Wildman–Crippen MR) is 90.7 cm³/mol. The maximum absolute atomic E-state index is 12.1. The number of anilines is 1. The normalized spacial score (nSPS) is 11.1. The maximum Gasteiger partial charge on any atom is 0.372 e. The molecule has 0 spiro atoms. The first-order valence-corrected chi connectivity index (χ1v) is 8.37. The molecule has 9 nitrogen and oxygen atoms in total. The van der Waals surface area contributed by atoms with Crippen LogP contribution in [0.25, 0.3) is 4.96 Å². The van der Waals surface area contributed by atoms with Crippen LogP contribution < -0.4 is 10.9 Å². The molecular weight excluding hydrogens is 332 g/mol. The second-order valence-electron chi connectivity index (χ2n) is 5.11. The number of aromatic amines is 1. The van der Waals surface area contributed by atoms with E-state index in [4.69, 9.17) is 0 Å². The number of imidazole rings is 1. The summed E-state index contributed by atoms with van der Waals surface area (Å²) in [5, 5.41) is 22.5. The Hall–Kier alpha value is -2.75. The fourth-order valence-electron chi connectivity index (χ4n) is 2.70. The molecule has 0 fully saturated rings. The van der Waals surface area contributed by atoms with Crippen LogP contribution in [-0.4, -0.2) is 24.5 Å². The molecule has 3 aromatic rings. The molecule has 0 atom stereocenters. The van der Waals surface area contributed by atoms with Crippen molar-refractivity contribution in [1.29, 1.82) is 0 Å². The largest absolute Gasteiger partial charge is 0.372 e. The number of H-pyrrole nitrogens is 1. The van der Waals surface area contributed by atoms with Crippen LogP contribution in [0.4, 0.5) is 11.6 Å². The van der Waals surface area contributed by atoms with Crippen LogP contribution in [0.1, 0.15) is 30.7 Å². The average molecular weight is 348 g/mol. The Morgan fingerprint density at radius 2 is 2.17 bits per heavy atom. The molecule has 0 unspecified atom stereocenters. The van der Waals surface area contributed by atoms with E-state index in [9.17, 15) is 14.9 Å². The summed E-state index contributed by atoms with van der Waals surface area (Å²) >= 11 is 1.31. The van der Waals surface area contributed by atoms with Crippen LogP contribution in [0.2, 0.25) is 0 Å². The molecule has 0 aliphatic carbocycles. The van der Waals surface area contributed by atoms with Gasteiger partial charge in [0.1, 0.15) is 6.20 Å². The molecule has 0 aromatic carbocycles. The van der Waals surface area contributed by atoms with Crippen molar-refractivity contribution in [3.8, 4) is 0 Å². The number of hydrogen-bond acceptors (Lipinski definition) is 7. The van der Waals surface area contributed by atoms with Gasteiger partial charge < -0.3 is 15.4 Å². The third-order valence-electron chi connectivity index (χ3n) is 3.81. The third-order valence-corrected chi connectivity index (χ3v) is 4.57. The lowest BCUT2D eigenvalue weighted by Gasteiger charge is -2.10. The summed E-state index contributed by atoms with van der Waals surface area (Å²) in [6.07, 6.45) is 2.97. The van der Waals surface area contributed by atoms with E-state index in [2.05, 4.69) is 20.5 Å². The molecule has 0 aliphatic heterocycles. The van der Waals surface area contributed by atoms with Crippen molar-refractivity contribution in [2.45, 2.75) is 33.2 Å². The van der Waals surface area contributed by atoms with E-state index in [1.807, 2.05) is 13.8 Å². The minimum atomic E-state index is -0.482. The zero-order valence-electron chi connectivity index (χ0n) is 13.2. The highest BCUT2D eigenvalue weighted by atomic mass is 32.1. The lowest BCUT2D eigenvalue weighted by molar-refractivity contribution is -0.389. The van der Waals surface area contributed by atoms with Crippen molar-refractivity contribution in [2.24, 2.45) is 0 Å². The van der Waals surface area contributed by atoms with E-state index < -0.39 is 4.92 Å². The molecule has 0 bridgehead atoms. The standard InChI is InChI=1S/C14H16N6O3S/c1-3-8-9(12(21)18-17-10(8)4-2)7-15-11-13(20(22)23)19-5-6-24-14(19)16-11/h5-6,15H,3-4,7H2,1-2H3,(H,18,21). The summed E-state index contributed by atoms with van der Waals surface area (Å²) in [7, 11) is 0. The fraction of sp³-hybridized carbons (Fsp3) is 0.357. The summed E-state index contributed by atoms with van der Waals surface area (Å²) in [6.45, 7) is 4.07. The monoisotopic (exact) mass is 348 g/mol. The summed E-state index contributed by atoms with van der Waals surface area (Å²) in [6, 6.07) is 0. The molecule has 0 saturated carbocycles. The molecule has 3 heterocycles. The Bertz CT molecular complexity index is 957. The van der Waals surface area contributed by atoms with Crippen LogP contribution >= 0.6 is 11.3 Å². The van der Waals surface area contributed by atoms with Gasteiger partial charge in [-0.2, -0.15) is 14.5 Å². The molecule has 3 rings (SSSR count). The number of thiazole rings is 1. The topological polar surface area (TPSA) is 118 Å². The highest BCUT2D eigenvalue weighted by molar-refractivity contribution is 7.15. The Balaban J connectivity index is 1.97. The van der Waals surface area contributed by atoms with Gasteiger partial charge in [0.05, 0.1) is 5.69 Å². The van der Waals surface area contributed by atoms with Gasteiger partial charge in [-0.3, -0.25) is 4.79 Å².